The van der Waals surface area contributed by atoms with Crippen LogP contribution < -0.4 is 5.32 Å². The van der Waals surface area contributed by atoms with Gasteiger partial charge in [0.05, 0.1) is 0 Å². The van der Waals surface area contributed by atoms with Gasteiger partial charge in [-0.3, -0.25) is 0 Å². The molecular weight excluding hydrogens is 126 g/mol. The maximum Gasteiger partial charge on any atom is 0 e. The Bertz CT molecular complexity index is 15.0. The molecule has 0 bridgehead atoms. The first-order valence-corrected chi connectivity index (χ1v) is 2.12. The van der Waals surface area contributed by atoms with Gasteiger partial charge < -0.3 is 5.32 Å². The van der Waals surface area contributed by atoms with Gasteiger partial charge in [-0.2, -0.15) is 0 Å². The first-order chi connectivity index (χ1) is 2.41. The van der Waals surface area contributed by atoms with Gasteiger partial charge >= 0.3 is 0 Å². The summed E-state index contributed by atoms with van der Waals surface area (Å²) in [5, 5.41) is 3.11. The molecule has 0 aliphatic carbocycles. The van der Waals surface area contributed by atoms with Crippen LogP contribution >= 0.6 is 0 Å². The fraction of sp³-hybridized carbons (Fsp3) is 1.00. The molecule has 0 spiro atoms. The van der Waals surface area contributed by atoms with Gasteiger partial charge in [-0.05, 0) is 13.1 Å². The predicted molar refractivity (Wildman–Crippen MR) is 24.2 cm³/mol. The Morgan fingerprint density at radius 1 is 1.17 bits per heavy atom. The zero-order chi connectivity index (χ0) is 4.12. The third-order valence-corrected chi connectivity index (χ3v) is 0.500. The quantitative estimate of drug-likeness (QED) is 0.549. The van der Waals surface area contributed by atoms with Crippen molar-refractivity contribution < 1.29 is 17.1 Å². The van der Waals surface area contributed by atoms with Gasteiger partial charge in [-0.1, -0.05) is 13.8 Å². The molecule has 0 aliphatic heterocycles. The zero-order valence-electron chi connectivity index (χ0n) is 4.22. The summed E-state index contributed by atoms with van der Waals surface area (Å²) in [6.45, 7) is 6.39. The molecule has 0 rings (SSSR count). The molecule has 2 heteroatoms. The largest absolute Gasteiger partial charge is 0.317 e. The van der Waals surface area contributed by atoms with Crippen LogP contribution in [0.1, 0.15) is 13.8 Å². The van der Waals surface area contributed by atoms with Crippen molar-refractivity contribution in [2.45, 2.75) is 13.8 Å². The van der Waals surface area contributed by atoms with E-state index >= 15 is 0 Å². The summed E-state index contributed by atoms with van der Waals surface area (Å²) >= 11 is 0. The third kappa shape index (κ3) is 8.82. The Labute approximate surface area is 50.0 Å². The fourth-order valence-corrected chi connectivity index (χ4v) is 0.250. The Morgan fingerprint density at radius 3 is 1.50 bits per heavy atom. The molecule has 0 unspecified atom stereocenters. The van der Waals surface area contributed by atoms with Crippen molar-refractivity contribution in [3.8, 4) is 0 Å². The molecule has 1 N–H and O–H groups in total. The molecule has 0 saturated heterocycles. The Kier molecular flexibility index (Phi) is 14.7. The minimum Gasteiger partial charge on any atom is -0.317 e. The number of rotatable bonds is 2. The van der Waals surface area contributed by atoms with E-state index in [9.17, 15) is 0 Å². The molecule has 0 atom stereocenters. The van der Waals surface area contributed by atoms with E-state index in [1.807, 2.05) is 0 Å². The second-order valence-electron chi connectivity index (χ2n) is 0.957. The average molecular weight is 137 g/mol. The summed E-state index contributed by atoms with van der Waals surface area (Å²) in [5.41, 5.74) is 0. The van der Waals surface area contributed by atoms with Crippen LogP contribution in [0.2, 0.25) is 0 Å². The SMILES string of the molecule is CCNCC.[Cu]. The maximum absolute atomic E-state index is 3.11. The van der Waals surface area contributed by atoms with E-state index < -0.39 is 0 Å². The van der Waals surface area contributed by atoms with Crippen molar-refractivity contribution >= 4 is 0 Å². The third-order valence-electron chi connectivity index (χ3n) is 0.500. The first kappa shape index (κ1) is 9.70. The van der Waals surface area contributed by atoms with Crippen LogP contribution in [0.4, 0.5) is 0 Å². The summed E-state index contributed by atoms with van der Waals surface area (Å²) in [5.74, 6) is 0. The van der Waals surface area contributed by atoms with Gasteiger partial charge in [0.2, 0.25) is 0 Å². The van der Waals surface area contributed by atoms with Crippen LogP contribution in [0.3, 0.4) is 0 Å². The molecule has 0 saturated carbocycles. The van der Waals surface area contributed by atoms with E-state index in [0.29, 0.717) is 0 Å². The van der Waals surface area contributed by atoms with Gasteiger partial charge in [0.15, 0.2) is 0 Å². The minimum atomic E-state index is 0. The smallest absolute Gasteiger partial charge is 0 e. The molecule has 6 heavy (non-hydrogen) atoms. The van der Waals surface area contributed by atoms with Crippen LogP contribution in [-0.4, -0.2) is 13.1 Å². The first-order valence-electron chi connectivity index (χ1n) is 2.12. The Hall–Kier alpha value is 0.479. The van der Waals surface area contributed by atoms with E-state index in [2.05, 4.69) is 19.2 Å². The normalized spacial score (nSPS) is 7.00. The van der Waals surface area contributed by atoms with Crippen molar-refractivity contribution in [1.82, 2.24) is 5.32 Å². The Balaban J connectivity index is 0. The Morgan fingerprint density at radius 2 is 1.50 bits per heavy atom. The van der Waals surface area contributed by atoms with Crippen molar-refractivity contribution in [3.63, 3.8) is 0 Å². The monoisotopic (exact) mass is 136 g/mol. The average Bonchev–Trinajstić information content (AvgIpc) is 1.41. The van der Waals surface area contributed by atoms with Gasteiger partial charge in [0, 0.05) is 17.1 Å². The molecule has 0 heterocycles. The van der Waals surface area contributed by atoms with E-state index in [0.717, 1.165) is 13.1 Å². The molecular formula is C4H11CuN. The standard InChI is InChI=1S/C4H11N.Cu/c1-3-5-4-2;/h5H,3-4H2,1-2H3;. The fourth-order valence-electron chi connectivity index (χ4n) is 0.250. The summed E-state index contributed by atoms with van der Waals surface area (Å²) < 4.78 is 0. The van der Waals surface area contributed by atoms with Crippen molar-refractivity contribution in [1.29, 1.82) is 0 Å². The molecule has 0 fully saturated rings. The van der Waals surface area contributed by atoms with Crippen molar-refractivity contribution in [2.75, 3.05) is 13.1 Å². The van der Waals surface area contributed by atoms with Gasteiger partial charge in [0.1, 0.15) is 0 Å². The van der Waals surface area contributed by atoms with E-state index in [4.69, 9.17) is 0 Å². The molecule has 43 valence electrons. The zero-order valence-corrected chi connectivity index (χ0v) is 5.16. The summed E-state index contributed by atoms with van der Waals surface area (Å²) in [6.07, 6.45) is 0. The topological polar surface area (TPSA) is 12.0 Å². The summed E-state index contributed by atoms with van der Waals surface area (Å²) in [6, 6.07) is 0. The molecule has 1 radical (unpaired) electrons. The molecule has 1 nitrogen and oxygen atoms in total. The maximum atomic E-state index is 3.11. The molecule has 0 aromatic rings. The number of hydrogen-bond donors (Lipinski definition) is 1. The summed E-state index contributed by atoms with van der Waals surface area (Å²) in [7, 11) is 0. The van der Waals surface area contributed by atoms with Gasteiger partial charge in [-0.25, -0.2) is 0 Å². The molecule has 0 aliphatic rings. The second kappa shape index (κ2) is 9.08. The molecule has 0 aromatic carbocycles. The van der Waals surface area contributed by atoms with Crippen LogP contribution in [0.25, 0.3) is 0 Å². The number of nitrogens with one attached hydrogen (secondary N) is 1. The van der Waals surface area contributed by atoms with Gasteiger partial charge in [0.25, 0.3) is 0 Å². The van der Waals surface area contributed by atoms with E-state index in [1.54, 1.807) is 0 Å². The minimum absolute atomic E-state index is 0. The number of hydrogen-bond acceptors (Lipinski definition) is 1. The predicted octanol–water partition coefficient (Wildman–Crippen LogP) is 0.613. The molecule has 0 aromatic heterocycles. The van der Waals surface area contributed by atoms with Gasteiger partial charge in [-0.15, -0.1) is 0 Å². The van der Waals surface area contributed by atoms with Crippen molar-refractivity contribution in [2.24, 2.45) is 0 Å². The van der Waals surface area contributed by atoms with Crippen LogP contribution in [0, 0.1) is 0 Å². The van der Waals surface area contributed by atoms with Crippen LogP contribution in [0.5, 0.6) is 0 Å². The molecule has 0 amide bonds. The summed E-state index contributed by atoms with van der Waals surface area (Å²) in [4.78, 5) is 0. The van der Waals surface area contributed by atoms with Crippen molar-refractivity contribution in [3.05, 3.63) is 0 Å². The van der Waals surface area contributed by atoms with Crippen LogP contribution in [0.15, 0.2) is 0 Å². The van der Waals surface area contributed by atoms with E-state index in [-0.39, 0.29) is 17.1 Å². The van der Waals surface area contributed by atoms with E-state index in [1.165, 1.54) is 0 Å². The second-order valence-corrected chi connectivity index (χ2v) is 0.957. The van der Waals surface area contributed by atoms with Crippen LogP contribution in [-0.2, 0) is 17.1 Å².